The van der Waals surface area contributed by atoms with Crippen molar-refractivity contribution in [2.45, 2.75) is 26.2 Å². The van der Waals surface area contributed by atoms with Crippen LogP contribution in [0.4, 0.5) is 0 Å². The van der Waals surface area contributed by atoms with Crippen LogP contribution in [0.1, 0.15) is 19.4 Å². The second-order valence-electron chi connectivity index (χ2n) is 3.56. The van der Waals surface area contributed by atoms with Gasteiger partial charge in [0.1, 0.15) is 0 Å². The molecule has 0 amide bonds. The van der Waals surface area contributed by atoms with Gasteiger partial charge in [0.05, 0.1) is 16.7 Å². The van der Waals surface area contributed by atoms with Crippen molar-refractivity contribution in [3.8, 4) is 0 Å². The number of rotatable bonds is 3. The van der Waals surface area contributed by atoms with E-state index in [0.717, 1.165) is 0 Å². The Morgan fingerprint density at radius 2 is 1.73 bits per heavy atom. The van der Waals surface area contributed by atoms with Crippen LogP contribution in [0.25, 0.3) is 0 Å². The van der Waals surface area contributed by atoms with Crippen molar-refractivity contribution in [2.75, 3.05) is 0 Å². The summed E-state index contributed by atoms with van der Waals surface area (Å²) in [6.45, 7) is 3.17. The molecule has 1 aromatic rings. The Morgan fingerprint density at radius 3 is 2.27 bits per heavy atom. The lowest BCUT2D eigenvalue weighted by molar-refractivity contribution is -0.183. The van der Waals surface area contributed by atoms with Crippen LogP contribution in [-0.4, -0.2) is 10.9 Å². The fourth-order valence-corrected chi connectivity index (χ4v) is 1.61. The second kappa shape index (κ2) is 4.89. The van der Waals surface area contributed by atoms with Gasteiger partial charge in [-0.3, -0.25) is 0 Å². The van der Waals surface area contributed by atoms with Gasteiger partial charge in [-0.2, -0.15) is 0 Å². The average Bonchev–Trinajstić information content (AvgIpc) is 2.10. The molecule has 0 aliphatic rings. The van der Waals surface area contributed by atoms with Gasteiger partial charge >= 0.3 is 0 Å². The van der Waals surface area contributed by atoms with Crippen LogP contribution in [0, 0.1) is 0 Å². The Labute approximate surface area is 104 Å². The van der Waals surface area contributed by atoms with E-state index < -0.39 is 5.79 Å². The van der Waals surface area contributed by atoms with Crippen molar-refractivity contribution in [1.29, 1.82) is 0 Å². The minimum absolute atomic E-state index is 0.113. The van der Waals surface area contributed by atoms with Gasteiger partial charge in [0.2, 0.25) is 0 Å². The van der Waals surface area contributed by atoms with Crippen molar-refractivity contribution in [3.05, 3.63) is 32.8 Å². The summed E-state index contributed by atoms with van der Waals surface area (Å²) in [6.07, 6.45) is 0. The molecule has 1 rings (SSSR count). The molecule has 0 saturated heterocycles. The SMILES string of the molecule is CC(C)(O)OCc1c(Cl)ccc(Cl)c1Cl. The molecular weight excluding hydrogens is 258 g/mol. The van der Waals surface area contributed by atoms with E-state index in [0.29, 0.717) is 20.6 Å². The molecule has 0 saturated carbocycles. The smallest absolute Gasteiger partial charge is 0.160 e. The molecule has 5 heteroatoms. The number of hydrogen-bond donors (Lipinski definition) is 1. The van der Waals surface area contributed by atoms with Crippen molar-refractivity contribution >= 4 is 34.8 Å². The lowest BCUT2D eigenvalue weighted by Gasteiger charge is -2.19. The van der Waals surface area contributed by atoms with Crippen LogP contribution >= 0.6 is 34.8 Å². The zero-order chi connectivity index (χ0) is 11.6. The first-order chi connectivity index (χ1) is 6.81. The molecule has 15 heavy (non-hydrogen) atoms. The Kier molecular flexibility index (Phi) is 4.27. The highest BCUT2D eigenvalue weighted by atomic mass is 35.5. The van der Waals surface area contributed by atoms with Crippen molar-refractivity contribution < 1.29 is 9.84 Å². The quantitative estimate of drug-likeness (QED) is 0.666. The van der Waals surface area contributed by atoms with E-state index in [4.69, 9.17) is 39.5 Å². The maximum atomic E-state index is 9.39. The summed E-state index contributed by atoms with van der Waals surface area (Å²) in [4.78, 5) is 0. The third kappa shape index (κ3) is 3.82. The van der Waals surface area contributed by atoms with Gasteiger partial charge in [-0.15, -0.1) is 0 Å². The third-order valence-corrected chi connectivity index (χ3v) is 2.91. The van der Waals surface area contributed by atoms with Gasteiger partial charge in [0, 0.05) is 10.6 Å². The summed E-state index contributed by atoms with van der Waals surface area (Å²) < 4.78 is 5.16. The first-order valence-electron chi connectivity index (χ1n) is 4.30. The van der Waals surface area contributed by atoms with E-state index >= 15 is 0 Å². The fourth-order valence-electron chi connectivity index (χ4n) is 0.950. The Balaban J connectivity index is 2.90. The molecule has 0 radical (unpaired) electrons. The largest absolute Gasteiger partial charge is 0.366 e. The minimum atomic E-state index is -1.23. The number of aliphatic hydroxyl groups is 1. The number of hydrogen-bond acceptors (Lipinski definition) is 2. The van der Waals surface area contributed by atoms with Crippen LogP contribution in [0.5, 0.6) is 0 Å². The van der Waals surface area contributed by atoms with Gasteiger partial charge in [-0.25, -0.2) is 0 Å². The van der Waals surface area contributed by atoms with Gasteiger partial charge in [0.25, 0.3) is 0 Å². The van der Waals surface area contributed by atoms with E-state index in [2.05, 4.69) is 0 Å². The monoisotopic (exact) mass is 268 g/mol. The van der Waals surface area contributed by atoms with Crippen molar-refractivity contribution in [2.24, 2.45) is 0 Å². The summed E-state index contributed by atoms with van der Waals surface area (Å²) in [5, 5.41) is 10.6. The van der Waals surface area contributed by atoms with Crippen molar-refractivity contribution in [3.63, 3.8) is 0 Å². The number of halogens is 3. The molecule has 1 aromatic carbocycles. The molecule has 0 aromatic heterocycles. The number of benzene rings is 1. The van der Waals surface area contributed by atoms with Crippen LogP contribution in [0.15, 0.2) is 12.1 Å². The Morgan fingerprint density at radius 1 is 1.20 bits per heavy atom. The molecule has 0 aliphatic carbocycles. The molecule has 0 heterocycles. The maximum absolute atomic E-state index is 9.39. The first-order valence-corrected chi connectivity index (χ1v) is 5.43. The average molecular weight is 270 g/mol. The number of ether oxygens (including phenoxy) is 1. The molecule has 1 N–H and O–H groups in total. The Hall–Kier alpha value is 0.01000. The van der Waals surface area contributed by atoms with Gasteiger partial charge in [0.15, 0.2) is 5.79 Å². The second-order valence-corrected chi connectivity index (χ2v) is 4.75. The van der Waals surface area contributed by atoms with Crippen LogP contribution in [-0.2, 0) is 11.3 Å². The molecule has 0 aliphatic heterocycles. The zero-order valence-corrected chi connectivity index (χ0v) is 10.6. The molecule has 84 valence electrons. The van der Waals surface area contributed by atoms with Crippen molar-refractivity contribution in [1.82, 2.24) is 0 Å². The summed E-state index contributed by atoms with van der Waals surface area (Å²) in [5.74, 6) is -1.23. The Bertz CT molecular complexity index is 358. The van der Waals surface area contributed by atoms with Crippen LogP contribution in [0.2, 0.25) is 15.1 Å². The molecule has 0 bridgehead atoms. The first kappa shape index (κ1) is 13.1. The van der Waals surface area contributed by atoms with Gasteiger partial charge in [-0.1, -0.05) is 34.8 Å². The standard InChI is InChI=1S/C10H11Cl3O2/c1-10(2,14)15-5-6-7(11)3-4-8(12)9(6)13/h3-4,14H,5H2,1-2H3. The predicted molar refractivity (Wildman–Crippen MR) is 62.6 cm³/mol. The molecule has 0 fully saturated rings. The highest BCUT2D eigenvalue weighted by Gasteiger charge is 2.16. The molecule has 2 nitrogen and oxygen atoms in total. The summed E-state index contributed by atoms with van der Waals surface area (Å²) in [6, 6.07) is 3.25. The minimum Gasteiger partial charge on any atom is -0.366 e. The molecular formula is C10H11Cl3O2. The normalized spacial score (nSPS) is 11.9. The van der Waals surface area contributed by atoms with E-state index in [1.54, 1.807) is 12.1 Å². The molecule has 0 spiro atoms. The van der Waals surface area contributed by atoms with E-state index in [9.17, 15) is 5.11 Å². The lowest BCUT2D eigenvalue weighted by atomic mass is 10.2. The lowest BCUT2D eigenvalue weighted by Crippen LogP contribution is -2.23. The molecule has 0 atom stereocenters. The van der Waals surface area contributed by atoms with Crippen LogP contribution < -0.4 is 0 Å². The van der Waals surface area contributed by atoms with E-state index in [1.165, 1.54) is 13.8 Å². The summed E-state index contributed by atoms with van der Waals surface area (Å²) in [5.41, 5.74) is 0.577. The zero-order valence-electron chi connectivity index (χ0n) is 8.35. The third-order valence-electron chi connectivity index (χ3n) is 1.71. The van der Waals surface area contributed by atoms with Gasteiger partial charge in [-0.05, 0) is 26.0 Å². The summed E-state index contributed by atoms with van der Waals surface area (Å²) in [7, 11) is 0. The van der Waals surface area contributed by atoms with E-state index in [1.807, 2.05) is 0 Å². The summed E-state index contributed by atoms with van der Waals surface area (Å²) >= 11 is 17.7. The highest BCUT2D eigenvalue weighted by molar-refractivity contribution is 6.44. The predicted octanol–water partition coefficient (Wildman–Crippen LogP) is 3.89. The maximum Gasteiger partial charge on any atom is 0.160 e. The molecule has 0 unspecified atom stereocenters. The van der Waals surface area contributed by atoms with E-state index in [-0.39, 0.29) is 6.61 Å². The van der Waals surface area contributed by atoms with Crippen LogP contribution in [0.3, 0.4) is 0 Å². The highest BCUT2D eigenvalue weighted by Crippen LogP contribution is 2.32. The topological polar surface area (TPSA) is 29.5 Å². The van der Waals surface area contributed by atoms with Gasteiger partial charge < -0.3 is 9.84 Å². The fraction of sp³-hybridized carbons (Fsp3) is 0.400.